The van der Waals surface area contributed by atoms with Gasteiger partial charge in [-0.3, -0.25) is 9.59 Å². The van der Waals surface area contributed by atoms with E-state index in [1.54, 1.807) is 71.8 Å². The lowest BCUT2D eigenvalue weighted by atomic mass is 10.1. The number of ketones is 2. The maximum atomic E-state index is 11.3. The van der Waals surface area contributed by atoms with Gasteiger partial charge in [0.15, 0.2) is 25.2 Å². The van der Waals surface area contributed by atoms with Gasteiger partial charge >= 0.3 is 15.4 Å². The maximum absolute atomic E-state index is 11.3. The van der Waals surface area contributed by atoms with Crippen molar-refractivity contribution in [1.29, 1.82) is 0 Å². The number of carbonyl (C=O) groups excluding carboxylic acids is 2. The second-order valence-corrected chi connectivity index (χ2v) is 11.4. The van der Waals surface area contributed by atoms with Crippen molar-refractivity contribution in [3.8, 4) is 23.0 Å². The number of carbonyl (C=O) groups is 2. The number of benzene rings is 4. The Hall–Kier alpha value is -3.77. The highest BCUT2D eigenvalue weighted by molar-refractivity contribution is 8.50. The molecule has 4 aromatic rings. The minimum atomic E-state index is 0.0128. The smallest absolute Gasteiger partial charge is 0.509 e. The third-order valence-electron chi connectivity index (χ3n) is 5.86. The molecule has 0 aliphatic rings. The first-order valence-corrected chi connectivity index (χ1v) is 15.3. The summed E-state index contributed by atoms with van der Waals surface area (Å²) < 4.78 is 33.0. The molecule has 8 nitrogen and oxygen atoms in total. The van der Waals surface area contributed by atoms with Gasteiger partial charge in [0.25, 0.3) is 5.84 Å². The van der Waals surface area contributed by atoms with Crippen molar-refractivity contribution in [1.82, 2.24) is 0 Å². The van der Waals surface area contributed by atoms with Crippen molar-refractivity contribution in [2.45, 2.75) is 23.6 Å². The molecule has 0 saturated carbocycles. The molecule has 0 atom stereocenters. The summed E-state index contributed by atoms with van der Waals surface area (Å²) in [4.78, 5) is 24.9. The Morgan fingerprint density at radius 2 is 0.884 bits per heavy atom. The molecule has 0 saturated heterocycles. The summed E-state index contributed by atoms with van der Waals surface area (Å²) in [6.45, 7) is 3.17. The molecule has 0 aliphatic carbocycles. The topological polar surface area (TPSA) is 89.5 Å². The van der Waals surface area contributed by atoms with Crippen molar-refractivity contribution in [2.75, 3.05) is 13.6 Å². The second-order valence-electron chi connectivity index (χ2n) is 8.97. The lowest BCUT2D eigenvalue weighted by molar-refractivity contribution is 0.100. The molecule has 0 aromatic heterocycles. The molecule has 43 heavy (non-hydrogen) atoms. The van der Waals surface area contributed by atoms with Crippen LogP contribution in [-0.2, 0) is 9.31 Å². The van der Waals surface area contributed by atoms with Gasteiger partial charge in [-0.15, -0.1) is 0 Å². The van der Waals surface area contributed by atoms with Gasteiger partial charge in [-0.1, -0.05) is 0 Å². The Balaban J connectivity index is 1.05. The number of hydrogen-bond acceptors (Lipinski definition) is 10. The minimum Gasteiger partial charge on any atom is -0.539 e. The summed E-state index contributed by atoms with van der Waals surface area (Å²) >= 11 is 3.47. The van der Waals surface area contributed by atoms with Crippen LogP contribution in [0, 0.1) is 0 Å². The normalized spacial score (nSPS) is 10.4. The molecule has 0 unspecified atom stereocenters. The zero-order chi connectivity index (χ0) is 30.3. The van der Waals surface area contributed by atoms with E-state index >= 15 is 0 Å². The van der Waals surface area contributed by atoms with Crippen molar-refractivity contribution in [3.05, 3.63) is 108 Å². The van der Waals surface area contributed by atoms with Crippen LogP contribution < -0.4 is 18.8 Å². The summed E-state index contributed by atoms with van der Waals surface area (Å²) in [6, 6.07) is 29.5. The summed E-state index contributed by atoms with van der Waals surface area (Å²) in [7, 11) is 0.0844. The number of rotatable bonds is 18. The average Bonchev–Trinajstić information content (AvgIpc) is 3.02. The zero-order valence-corrected chi connectivity index (χ0v) is 25.5. The van der Waals surface area contributed by atoms with Crippen LogP contribution in [0.15, 0.2) is 107 Å². The Labute approximate surface area is 261 Å². The molecule has 13 heteroatoms. The van der Waals surface area contributed by atoms with Gasteiger partial charge in [0.05, 0.1) is 0 Å². The van der Waals surface area contributed by atoms with Crippen molar-refractivity contribution in [3.63, 3.8) is 0 Å². The van der Waals surface area contributed by atoms with E-state index in [0.29, 0.717) is 34.1 Å². The van der Waals surface area contributed by atoms with Crippen LogP contribution in [0.25, 0.3) is 0 Å². The predicted molar refractivity (Wildman–Crippen MR) is 173 cm³/mol. The summed E-state index contributed by atoms with van der Waals surface area (Å²) in [5, 5.41) is 0. The largest absolute Gasteiger partial charge is 0.539 e. The molecule has 0 N–H and O–H groups in total. The summed E-state index contributed by atoms with van der Waals surface area (Å²) in [6.07, 6.45) is 0. The first-order chi connectivity index (χ1) is 21.0. The molecule has 218 valence electrons. The summed E-state index contributed by atoms with van der Waals surface area (Å²) in [5.41, 5.74) is 1.28. The lowest BCUT2D eigenvalue weighted by Gasteiger charge is -2.09. The fourth-order valence-electron chi connectivity index (χ4n) is 3.51. The average molecular weight is 614 g/mol. The summed E-state index contributed by atoms with van der Waals surface area (Å²) in [5.74, 6) is 3.53. The molecule has 0 radical (unpaired) electrons. The molecule has 0 heterocycles. The molecule has 0 amide bonds. The predicted octanol–water partition coefficient (Wildman–Crippen LogP) is 5.64. The Bertz CT molecular complexity index is 1330. The lowest BCUT2D eigenvalue weighted by Crippen LogP contribution is -2.12. The molecular formula is C30H29B3O8S2. The molecule has 4 rings (SSSR count). The van der Waals surface area contributed by atoms with E-state index in [1.807, 2.05) is 48.5 Å². The maximum Gasteiger partial charge on any atom is 0.509 e. The second kappa shape index (κ2) is 17.4. The standard InChI is InChI=1S/C30H29B3O8S2/c1-21(34)23-3-7-27(8-4-23)40-31-38-19-36-25-11-15-29(16-12-25)42-33-43-30-17-13-26(14-18-30)37-20-39-32-41-28-9-5-24(6-10-28)22(2)35/h3-18,31-33H,19-20H2,1-2H3. The van der Waals surface area contributed by atoms with Crippen LogP contribution in [-0.4, -0.2) is 46.4 Å². The third-order valence-corrected chi connectivity index (χ3v) is 8.01. The quantitative estimate of drug-likeness (QED) is 0.0608. The van der Waals surface area contributed by atoms with Gasteiger partial charge < -0.3 is 28.1 Å². The van der Waals surface area contributed by atoms with Crippen LogP contribution >= 0.6 is 23.2 Å². The van der Waals surface area contributed by atoms with Gasteiger partial charge in [-0.05, 0) is 121 Å². The van der Waals surface area contributed by atoms with Gasteiger partial charge in [-0.2, -0.15) is 23.2 Å². The van der Waals surface area contributed by atoms with Crippen LogP contribution in [0.3, 0.4) is 0 Å². The molecule has 0 aliphatic heterocycles. The van der Waals surface area contributed by atoms with Crippen LogP contribution in [0.4, 0.5) is 0 Å². The monoisotopic (exact) mass is 614 g/mol. The highest BCUT2D eigenvalue weighted by atomic mass is 32.2. The Kier molecular flexibility index (Phi) is 13.0. The van der Waals surface area contributed by atoms with Crippen LogP contribution in [0.5, 0.6) is 23.0 Å². The van der Waals surface area contributed by atoms with E-state index in [1.165, 1.54) is 13.8 Å². The van der Waals surface area contributed by atoms with E-state index in [2.05, 4.69) is 0 Å². The highest BCUT2D eigenvalue weighted by Crippen LogP contribution is 2.28. The van der Waals surface area contributed by atoms with E-state index in [4.69, 9.17) is 28.1 Å². The van der Waals surface area contributed by atoms with E-state index in [9.17, 15) is 9.59 Å². The van der Waals surface area contributed by atoms with Gasteiger partial charge in [0.1, 0.15) is 23.0 Å². The number of hydrogen-bond donors (Lipinski definition) is 0. The number of ether oxygens (including phenoxy) is 2. The Morgan fingerprint density at radius 3 is 1.23 bits per heavy atom. The van der Waals surface area contributed by atoms with E-state index < -0.39 is 0 Å². The van der Waals surface area contributed by atoms with Crippen LogP contribution in [0.2, 0.25) is 0 Å². The SMILES string of the molecule is CC(=O)c1ccc(OBOCOc2ccc(SBSc3ccc(OCOBOc4ccc(C(C)=O)cc4)cc3)cc2)cc1. The van der Waals surface area contributed by atoms with Gasteiger partial charge in [-0.25, -0.2) is 0 Å². The van der Waals surface area contributed by atoms with Crippen molar-refractivity contribution >= 4 is 56.0 Å². The molecule has 0 bridgehead atoms. The van der Waals surface area contributed by atoms with Crippen molar-refractivity contribution < 1.29 is 37.7 Å². The van der Waals surface area contributed by atoms with Crippen molar-refractivity contribution in [2.24, 2.45) is 0 Å². The molecule has 4 aromatic carbocycles. The highest BCUT2D eigenvalue weighted by Gasteiger charge is 2.05. The fourth-order valence-corrected chi connectivity index (χ4v) is 5.49. The Morgan fingerprint density at radius 1 is 0.535 bits per heavy atom. The van der Waals surface area contributed by atoms with Gasteiger partial charge in [0, 0.05) is 11.1 Å². The molecule has 0 spiro atoms. The van der Waals surface area contributed by atoms with Crippen LogP contribution in [0.1, 0.15) is 34.6 Å². The molecular weight excluding hydrogens is 585 g/mol. The van der Waals surface area contributed by atoms with E-state index in [-0.39, 0.29) is 40.5 Å². The number of Topliss-reactive ketones (excluding diaryl/α,β-unsaturated/α-hetero) is 2. The molecule has 0 fully saturated rings. The first-order valence-electron chi connectivity index (χ1n) is 13.3. The minimum absolute atomic E-state index is 0.0128. The first kappa shape index (κ1) is 32.2. The fraction of sp³-hybridized carbons (Fsp3) is 0.133. The van der Waals surface area contributed by atoms with Gasteiger partial charge in [0.2, 0.25) is 0 Å². The van der Waals surface area contributed by atoms with E-state index in [0.717, 1.165) is 15.6 Å². The zero-order valence-electron chi connectivity index (χ0n) is 23.9. The third kappa shape index (κ3) is 11.4.